The molecular formula is C17H14F3NO2. The Morgan fingerprint density at radius 2 is 1.78 bits per heavy atom. The zero-order chi connectivity index (χ0) is 17.0. The topological polar surface area (TPSA) is 38.7 Å². The summed E-state index contributed by atoms with van der Waals surface area (Å²) < 4.78 is 43.1. The molecule has 0 spiro atoms. The second-order valence-electron chi connectivity index (χ2n) is 4.88. The van der Waals surface area contributed by atoms with Crippen molar-refractivity contribution >= 4 is 17.7 Å². The molecule has 23 heavy (non-hydrogen) atoms. The Balaban J connectivity index is 2.35. The van der Waals surface area contributed by atoms with Crippen LogP contribution in [0.3, 0.4) is 0 Å². The van der Waals surface area contributed by atoms with Crippen molar-refractivity contribution in [3.05, 3.63) is 59.2 Å². The van der Waals surface area contributed by atoms with E-state index in [2.05, 4.69) is 4.99 Å². The molecule has 2 aromatic carbocycles. The van der Waals surface area contributed by atoms with E-state index in [-0.39, 0.29) is 5.69 Å². The van der Waals surface area contributed by atoms with Crippen molar-refractivity contribution in [2.24, 2.45) is 4.99 Å². The fourth-order valence-electron chi connectivity index (χ4n) is 1.93. The number of nitrogens with zero attached hydrogens (tertiary/aromatic N) is 1. The predicted octanol–water partition coefficient (Wildman–Crippen LogP) is 4.50. The smallest absolute Gasteiger partial charge is 0.454 e. The van der Waals surface area contributed by atoms with Gasteiger partial charge in [0.25, 0.3) is 5.78 Å². The first-order valence-corrected chi connectivity index (χ1v) is 6.71. The molecule has 6 heteroatoms. The fraction of sp³-hybridized carbons (Fsp3) is 0.176. The molecule has 0 heterocycles. The molecule has 2 aromatic rings. The maximum atomic E-state index is 12.7. The Hall–Kier alpha value is -2.63. The van der Waals surface area contributed by atoms with Crippen LogP contribution in [0.1, 0.15) is 21.5 Å². The van der Waals surface area contributed by atoms with E-state index in [1.807, 2.05) is 0 Å². The van der Waals surface area contributed by atoms with Crippen LogP contribution in [0.2, 0.25) is 0 Å². The number of ether oxygens (including phenoxy) is 1. The highest BCUT2D eigenvalue weighted by atomic mass is 19.4. The molecule has 2 rings (SSSR count). The third-order valence-corrected chi connectivity index (χ3v) is 3.12. The van der Waals surface area contributed by atoms with Crippen molar-refractivity contribution in [1.29, 1.82) is 0 Å². The van der Waals surface area contributed by atoms with E-state index in [1.165, 1.54) is 25.5 Å². The molecule has 0 bridgehead atoms. The monoisotopic (exact) mass is 321 g/mol. The minimum absolute atomic E-state index is 0.0197. The summed E-state index contributed by atoms with van der Waals surface area (Å²) in [5.74, 6) is -1.24. The summed E-state index contributed by atoms with van der Waals surface area (Å²) in [6.45, 7) is 1.62. The number of halogens is 3. The maximum Gasteiger partial charge on any atom is 0.454 e. The van der Waals surface area contributed by atoms with Gasteiger partial charge in [0.05, 0.1) is 18.4 Å². The molecule has 0 radical (unpaired) electrons. The van der Waals surface area contributed by atoms with Gasteiger partial charge in [-0.05, 0) is 48.9 Å². The molecule has 0 N–H and O–H groups in total. The summed E-state index contributed by atoms with van der Waals surface area (Å²) in [7, 11) is 1.53. The van der Waals surface area contributed by atoms with Gasteiger partial charge >= 0.3 is 6.18 Å². The Kier molecular flexibility index (Phi) is 4.83. The highest BCUT2D eigenvalue weighted by molar-refractivity contribution is 6.05. The quantitative estimate of drug-likeness (QED) is 0.614. The van der Waals surface area contributed by atoms with E-state index in [4.69, 9.17) is 4.74 Å². The minimum atomic E-state index is -4.93. The van der Waals surface area contributed by atoms with Crippen molar-refractivity contribution in [3.63, 3.8) is 0 Å². The molecule has 3 nitrogen and oxygen atoms in total. The number of hydrogen-bond acceptors (Lipinski definition) is 3. The molecule has 120 valence electrons. The molecule has 0 atom stereocenters. The predicted molar refractivity (Wildman–Crippen MR) is 81.8 cm³/mol. The number of aliphatic imine (C=N–C) groups is 1. The number of aryl methyl sites for hydroxylation is 1. The lowest BCUT2D eigenvalue weighted by atomic mass is 10.1. The number of rotatable bonds is 4. The summed E-state index contributed by atoms with van der Waals surface area (Å²) in [5.41, 5.74) is 0.758. The number of carbonyl (C=O) groups excluding carboxylic acids is 1. The van der Waals surface area contributed by atoms with Crippen LogP contribution < -0.4 is 4.74 Å². The van der Waals surface area contributed by atoms with E-state index in [0.29, 0.717) is 16.9 Å². The number of alkyl halides is 3. The van der Waals surface area contributed by atoms with Gasteiger partial charge in [0.1, 0.15) is 5.75 Å². The number of benzene rings is 2. The molecule has 0 unspecified atom stereocenters. The van der Waals surface area contributed by atoms with Crippen LogP contribution in [0.5, 0.6) is 5.75 Å². The van der Waals surface area contributed by atoms with Crippen molar-refractivity contribution < 1.29 is 22.7 Å². The summed E-state index contributed by atoms with van der Waals surface area (Å²) in [4.78, 5) is 15.5. The van der Waals surface area contributed by atoms with Gasteiger partial charge in [-0.25, -0.2) is 0 Å². The van der Waals surface area contributed by atoms with Crippen LogP contribution in [0, 0.1) is 6.92 Å². The van der Waals surface area contributed by atoms with E-state index < -0.39 is 17.5 Å². The first-order valence-electron chi connectivity index (χ1n) is 6.71. The summed E-state index contributed by atoms with van der Waals surface area (Å²) >= 11 is 0. The van der Waals surface area contributed by atoms with Crippen LogP contribution in [0.4, 0.5) is 18.9 Å². The van der Waals surface area contributed by atoms with Crippen molar-refractivity contribution in [3.8, 4) is 5.75 Å². The third-order valence-electron chi connectivity index (χ3n) is 3.12. The van der Waals surface area contributed by atoms with Gasteiger partial charge in [-0.2, -0.15) is 13.2 Å². The molecule has 0 saturated heterocycles. The second kappa shape index (κ2) is 6.64. The van der Waals surface area contributed by atoms with Crippen LogP contribution in [0.15, 0.2) is 47.5 Å². The number of hydrogen-bond donors (Lipinski definition) is 0. The van der Waals surface area contributed by atoms with Gasteiger partial charge in [0.15, 0.2) is 0 Å². The second-order valence-corrected chi connectivity index (χ2v) is 4.88. The van der Waals surface area contributed by atoms with E-state index >= 15 is 0 Å². The number of Topliss-reactive ketones (excluding diaryl/α,β-unsaturated/α-hetero) is 1. The first kappa shape index (κ1) is 16.7. The van der Waals surface area contributed by atoms with Gasteiger partial charge < -0.3 is 4.74 Å². The van der Waals surface area contributed by atoms with Crippen LogP contribution in [-0.4, -0.2) is 25.3 Å². The van der Waals surface area contributed by atoms with E-state index in [9.17, 15) is 18.0 Å². The lowest BCUT2D eigenvalue weighted by Gasteiger charge is -2.08. The molecule has 0 aromatic heterocycles. The van der Waals surface area contributed by atoms with Gasteiger partial charge in [-0.15, -0.1) is 0 Å². The standard InChI is InChI=1S/C17H14F3NO2/c1-11-3-8-15(14(9-11)16(22)17(18,19)20)21-10-12-4-6-13(23-2)7-5-12/h3-10H,1-2H3. The largest absolute Gasteiger partial charge is 0.497 e. The molecule has 0 aliphatic rings. The SMILES string of the molecule is COc1ccc(C=Nc2ccc(C)cc2C(=O)C(F)(F)F)cc1. The Labute approximate surface area is 131 Å². The summed E-state index contributed by atoms with van der Waals surface area (Å²) in [6.07, 6.45) is -3.53. The molecular weight excluding hydrogens is 307 g/mol. The molecule has 0 amide bonds. The number of ketones is 1. The Bertz CT molecular complexity index is 734. The lowest BCUT2D eigenvalue weighted by Crippen LogP contribution is -2.22. The van der Waals surface area contributed by atoms with E-state index in [0.717, 1.165) is 0 Å². The average Bonchev–Trinajstić information content (AvgIpc) is 2.52. The lowest BCUT2D eigenvalue weighted by molar-refractivity contribution is -0.0884. The average molecular weight is 321 g/mol. The molecule has 0 saturated carbocycles. The Morgan fingerprint density at radius 3 is 2.35 bits per heavy atom. The highest BCUT2D eigenvalue weighted by Gasteiger charge is 2.40. The fourth-order valence-corrected chi connectivity index (χ4v) is 1.93. The minimum Gasteiger partial charge on any atom is -0.497 e. The molecule has 0 aliphatic heterocycles. The van der Waals surface area contributed by atoms with Crippen molar-refractivity contribution in [2.75, 3.05) is 7.11 Å². The summed E-state index contributed by atoms with van der Waals surface area (Å²) in [6, 6.07) is 11.0. The first-order chi connectivity index (χ1) is 10.8. The van der Waals surface area contributed by atoms with Crippen molar-refractivity contribution in [2.45, 2.75) is 13.1 Å². The van der Waals surface area contributed by atoms with Crippen LogP contribution in [0.25, 0.3) is 0 Å². The van der Waals surface area contributed by atoms with Crippen molar-refractivity contribution in [1.82, 2.24) is 0 Å². The Morgan fingerprint density at radius 1 is 1.13 bits per heavy atom. The third kappa shape index (κ3) is 4.18. The van der Waals surface area contributed by atoms with Crippen LogP contribution in [-0.2, 0) is 0 Å². The zero-order valence-corrected chi connectivity index (χ0v) is 12.5. The van der Waals surface area contributed by atoms with E-state index in [1.54, 1.807) is 37.3 Å². The maximum absolute atomic E-state index is 12.7. The zero-order valence-electron chi connectivity index (χ0n) is 12.5. The van der Waals surface area contributed by atoms with Gasteiger partial charge in [0.2, 0.25) is 0 Å². The van der Waals surface area contributed by atoms with Gasteiger partial charge in [-0.3, -0.25) is 9.79 Å². The van der Waals surface area contributed by atoms with Gasteiger partial charge in [-0.1, -0.05) is 11.6 Å². The van der Waals surface area contributed by atoms with Gasteiger partial charge in [0, 0.05) is 6.21 Å². The molecule has 0 fully saturated rings. The number of carbonyl (C=O) groups is 1. The number of methoxy groups -OCH3 is 1. The van der Waals surface area contributed by atoms with Crippen LogP contribution >= 0.6 is 0 Å². The normalized spacial score (nSPS) is 11.7. The molecule has 0 aliphatic carbocycles. The summed E-state index contributed by atoms with van der Waals surface area (Å²) in [5, 5.41) is 0. The highest BCUT2D eigenvalue weighted by Crippen LogP contribution is 2.28.